The number of benzene rings is 3. The van der Waals surface area contributed by atoms with Crippen LogP contribution in [0.3, 0.4) is 0 Å². The maximum atomic E-state index is 13.5. The fraction of sp³-hybridized carbons (Fsp3) is 0.222. The topological polar surface area (TPSA) is 98.7 Å². The summed E-state index contributed by atoms with van der Waals surface area (Å²) in [6.45, 7) is 0.944. The Kier molecular flexibility index (Phi) is 7.18. The predicted molar refractivity (Wildman–Crippen MR) is 143 cm³/mol. The summed E-state index contributed by atoms with van der Waals surface area (Å²) in [5.74, 6) is 2.09. The Morgan fingerprint density at radius 2 is 1.62 bits per heavy atom. The molecule has 0 radical (unpaired) electrons. The predicted octanol–water partition coefficient (Wildman–Crippen LogP) is 4.64. The summed E-state index contributed by atoms with van der Waals surface area (Å²) in [7, 11) is 3.18. The van der Waals surface area contributed by atoms with Crippen molar-refractivity contribution in [3.63, 3.8) is 0 Å². The van der Waals surface area contributed by atoms with E-state index >= 15 is 0 Å². The van der Waals surface area contributed by atoms with Gasteiger partial charge in [0.2, 0.25) is 11.8 Å². The molecule has 0 aromatic heterocycles. The first kappa shape index (κ1) is 24.5. The second-order valence-corrected chi connectivity index (χ2v) is 9.35. The lowest BCUT2D eigenvalue weighted by atomic mass is 10.2. The van der Waals surface area contributed by atoms with Crippen molar-refractivity contribution in [1.29, 1.82) is 0 Å². The summed E-state index contributed by atoms with van der Waals surface area (Å²) in [6.07, 6.45) is -0.0216. The number of methoxy groups -OCH3 is 2. The molecule has 2 amide bonds. The van der Waals surface area contributed by atoms with Crippen LogP contribution in [0.5, 0.6) is 23.0 Å². The SMILES string of the molecule is COc1ccc(N=C2SC(CC(=O)Nc3ccc4c(c3)OCCO4)C(=O)N2c2ccc(OC)cc2)cc1. The Morgan fingerprint density at radius 1 is 0.973 bits per heavy atom. The highest BCUT2D eigenvalue weighted by atomic mass is 32.2. The molecule has 1 fully saturated rings. The van der Waals surface area contributed by atoms with E-state index in [-0.39, 0.29) is 18.2 Å². The number of amides is 2. The lowest BCUT2D eigenvalue weighted by Gasteiger charge is -2.19. The number of carbonyl (C=O) groups excluding carboxylic acids is 2. The smallest absolute Gasteiger partial charge is 0.247 e. The van der Waals surface area contributed by atoms with E-state index < -0.39 is 5.25 Å². The number of hydrogen-bond acceptors (Lipinski definition) is 8. The number of amidine groups is 1. The molecule has 1 saturated heterocycles. The lowest BCUT2D eigenvalue weighted by Crippen LogP contribution is -2.33. The van der Waals surface area contributed by atoms with Crippen LogP contribution in [0, 0.1) is 0 Å². The van der Waals surface area contributed by atoms with Crippen molar-refractivity contribution < 1.29 is 28.5 Å². The van der Waals surface area contributed by atoms with E-state index in [1.807, 2.05) is 12.1 Å². The van der Waals surface area contributed by atoms with Gasteiger partial charge in [0, 0.05) is 18.2 Å². The average Bonchev–Trinajstić information content (AvgIpc) is 3.22. The van der Waals surface area contributed by atoms with Crippen molar-refractivity contribution >= 4 is 45.8 Å². The number of thioether (sulfide) groups is 1. The summed E-state index contributed by atoms with van der Waals surface area (Å²) >= 11 is 1.26. The first-order chi connectivity index (χ1) is 18.0. The zero-order valence-electron chi connectivity index (χ0n) is 20.3. The molecule has 190 valence electrons. The number of rotatable bonds is 7. The first-order valence-corrected chi connectivity index (χ1v) is 12.5. The van der Waals surface area contributed by atoms with Gasteiger partial charge >= 0.3 is 0 Å². The lowest BCUT2D eigenvalue weighted by molar-refractivity contribution is -0.121. The standard InChI is InChI=1S/C27H25N3O6S/c1-33-20-8-3-17(4-9-20)29-27-30(19-6-10-21(34-2)11-7-19)26(32)24(37-27)16-25(31)28-18-5-12-22-23(15-18)36-14-13-35-22/h3-12,15,24H,13-14,16H2,1-2H3,(H,28,31). The molecule has 1 unspecified atom stereocenters. The number of fused-ring (bicyclic) bond motifs is 1. The van der Waals surface area contributed by atoms with Crippen molar-refractivity contribution in [3.05, 3.63) is 66.7 Å². The maximum Gasteiger partial charge on any atom is 0.247 e. The Morgan fingerprint density at radius 3 is 2.30 bits per heavy atom. The first-order valence-electron chi connectivity index (χ1n) is 11.6. The molecule has 2 aliphatic heterocycles. The van der Waals surface area contributed by atoms with E-state index in [0.29, 0.717) is 58.4 Å². The molecule has 0 bridgehead atoms. The van der Waals surface area contributed by atoms with Gasteiger partial charge in [-0.3, -0.25) is 14.5 Å². The van der Waals surface area contributed by atoms with Gasteiger partial charge in [-0.25, -0.2) is 4.99 Å². The number of carbonyl (C=O) groups is 2. The molecule has 3 aromatic rings. The van der Waals surface area contributed by atoms with Crippen LogP contribution in [0.25, 0.3) is 0 Å². The summed E-state index contributed by atoms with van der Waals surface area (Å²) in [5, 5.41) is 2.70. The molecule has 2 heterocycles. The van der Waals surface area contributed by atoms with Crippen LogP contribution in [0.1, 0.15) is 6.42 Å². The van der Waals surface area contributed by atoms with Crippen LogP contribution in [0.15, 0.2) is 71.7 Å². The zero-order chi connectivity index (χ0) is 25.8. The molecule has 0 saturated carbocycles. The minimum Gasteiger partial charge on any atom is -0.497 e. The monoisotopic (exact) mass is 519 g/mol. The number of nitrogens with one attached hydrogen (secondary N) is 1. The Labute approximate surface area is 218 Å². The molecule has 5 rings (SSSR count). The third-order valence-corrected chi connectivity index (χ3v) is 6.90. The van der Waals surface area contributed by atoms with Crippen molar-refractivity contribution in [2.45, 2.75) is 11.7 Å². The van der Waals surface area contributed by atoms with Gasteiger partial charge in [0.25, 0.3) is 0 Å². The van der Waals surface area contributed by atoms with E-state index in [2.05, 4.69) is 5.32 Å². The zero-order valence-corrected chi connectivity index (χ0v) is 21.1. The highest BCUT2D eigenvalue weighted by molar-refractivity contribution is 8.16. The van der Waals surface area contributed by atoms with Gasteiger partial charge in [0.15, 0.2) is 16.7 Å². The van der Waals surface area contributed by atoms with Gasteiger partial charge in [-0.05, 0) is 60.7 Å². The van der Waals surface area contributed by atoms with Gasteiger partial charge in [-0.2, -0.15) is 0 Å². The highest BCUT2D eigenvalue weighted by Gasteiger charge is 2.40. The van der Waals surface area contributed by atoms with Crippen LogP contribution in [0.4, 0.5) is 17.1 Å². The fourth-order valence-corrected chi connectivity index (χ4v) is 5.07. The maximum absolute atomic E-state index is 13.5. The summed E-state index contributed by atoms with van der Waals surface area (Å²) < 4.78 is 21.6. The van der Waals surface area contributed by atoms with Crippen LogP contribution in [-0.2, 0) is 9.59 Å². The number of hydrogen-bond donors (Lipinski definition) is 1. The Hall–Kier alpha value is -4.18. The normalized spacial score (nSPS) is 17.6. The number of aliphatic imine (C=N–C) groups is 1. The van der Waals surface area contributed by atoms with Gasteiger partial charge in [-0.15, -0.1) is 0 Å². The Balaban J connectivity index is 1.36. The van der Waals surface area contributed by atoms with Crippen LogP contribution >= 0.6 is 11.8 Å². The molecule has 1 atom stereocenters. The van der Waals surface area contributed by atoms with Crippen molar-refractivity contribution in [2.75, 3.05) is 37.7 Å². The number of anilines is 2. The van der Waals surface area contributed by atoms with E-state index in [9.17, 15) is 9.59 Å². The van der Waals surface area contributed by atoms with Gasteiger partial charge in [0.1, 0.15) is 30.0 Å². The number of nitrogens with zero attached hydrogens (tertiary/aromatic N) is 2. The molecule has 9 nitrogen and oxygen atoms in total. The molecule has 2 aliphatic rings. The Bertz CT molecular complexity index is 1330. The molecular weight excluding hydrogens is 494 g/mol. The quantitative estimate of drug-likeness (QED) is 0.486. The summed E-state index contributed by atoms with van der Waals surface area (Å²) in [6, 6.07) is 19.6. The fourth-order valence-electron chi connectivity index (χ4n) is 3.91. The second-order valence-electron chi connectivity index (χ2n) is 8.18. The third-order valence-electron chi connectivity index (χ3n) is 5.76. The van der Waals surface area contributed by atoms with Gasteiger partial charge in [-0.1, -0.05) is 11.8 Å². The van der Waals surface area contributed by atoms with Crippen molar-refractivity contribution in [2.24, 2.45) is 4.99 Å². The van der Waals surface area contributed by atoms with Crippen LogP contribution < -0.4 is 29.2 Å². The van der Waals surface area contributed by atoms with Crippen LogP contribution in [0.2, 0.25) is 0 Å². The van der Waals surface area contributed by atoms with E-state index in [4.69, 9.17) is 23.9 Å². The van der Waals surface area contributed by atoms with Crippen molar-refractivity contribution in [3.8, 4) is 23.0 Å². The van der Waals surface area contributed by atoms with Gasteiger partial charge in [0.05, 0.1) is 25.6 Å². The molecule has 3 aromatic carbocycles. The molecule has 37 heavy (non-hydrogen) atoms. The van der Waals surface area contributed by atoms with Crippen molar-refractivity contribution in [1.82, 2.24) is 0 Å². The molecule has 0 aliphatic carbocycles. The third kappa shape index (κ3) is 5.49. The number of ether oxygens (including phenoxy) is 4. The van der Waals surface area contributed by atoms with E-state index in [1.54, 1.807) is 68.8 Å². The molecule has 1 N–H and O–H groups in total. The van der Waals surface area contributed by atoms with E-state index in [0.717, 1.165) is 0 Å². The average molecular weight is 520 g/mol. The largest absolute Gasteiger partial charge is 0.497 e. The van der Waals surface area contributed by atoms with E-state index in [1.165, 1.54) is 16.7 Å². The molecule has 0 spiro atoms. The minimum atomic E-state index is -0.642. The molecule has 10 heteroatoms. The van der Waals surface area contributed by atoms with Gasteiger partial charge < -0.3 is 24.3 Å². The highest BCUT2D eigenvalue weighted by Crippen LogP contribution is 2.37. The molecular formula is C27H25N3O6S. The second kappa shape index (κ2) is 10.8. The van der Waals surface area contributed by atoms with Crippen LogP contribution in [-0.4, -0.2) is 49.7 Å². The minimum absolute atomic E-state index is 0.0216. The summed E-state index contributed by atoms with van der Waals surface area (Å²) in [4.78, 5) is 32.7. The summed E-state index contributed by atoms with van der Waals surface area (Å²) in [5.41, 5.74) is 1.88.